The minimum Gasteiger partial charge on any atom is -0.348 e. The van der Waals surface area contributed by atoms with Crippen LogP contribution in [0.3, 0.4) is 0 Å². The number of nitrogens with zero attached hydrogens (tertiary/aromatic N) is 3. The Morgan fingerprint density at radius 3 is 2.21 bits per heavy atom. The first-order valence-electron chi connectivity index (χ1n) is 11.7. The highest BCUT2D eigenvalue weighted by Crippen LogP contribution is 2.36. The van der Waals surface area contributed by atoms with E-state index in [0.29, 0.717) is 24.0 Å². The fourth-order valence-corrected chi connectivity index (χ4v) is 4.49. The average Bonchev–Trinajstić information content (AvgIpc) is 3.55. The molecule has 0 radical (unpaired) electrons. The molecule has 1 aliphatic carbocycles. The molecule has 2 heterocycles. The van der Waals surface area contributed by atoms with E-state index in [2.05, 4.69) is 29.5 Å². The van der Waals surface area contributed by atoms with Gasteiger partial charge in [-0.15, -0.1) is 0 Å². The highest BCUT2D eigenvalue weighted by molar-refractivity contribution is 6.00. The van der Waals surface area contributed by atoms with Crippen LogP contribution in [-0.4, -0.2) is 45.2 Å². The lowest BCUT2D eigenvalue weighted by Crippen LogP contribution is -2.49. The smallest absolute Gasteiger partial charge is 0.254 e. The van der Waals surface area contributed by atoms with Gasteiger partial charge in [-0.05, 0) is 76.3 Å². The monoisotopic (exact) mass is 459 g/mol. The molecule has 176 valence electrons. The van der Waals surface area contributed by atoms with Crippen molar-refractivity contribution >= 4 is 17.7 Å². The molecule has 0 bridgehead atoms. The molecule has 1 saturated heterocycles. The van der Waals surface area contributed by atoms with Gasteiger partial charge in [-0.2, -0.15) is 5.26 Å². The molecule has 1 aromatic carbocycles. The number of pyridine rings is 1. The van der Waals surface area contributed by atoms with E-state index in [1.807, 2.05) is 42.2 Å². The lowest BCUT2D eigenvalue weighted by molar-refractivity contribution is -0.124. The molecule has 4 rings (SSSR count). The SMILES string of the molecule is CC1CCC(C)N1C(=O)c1ccc([C@@H](C)NC(=O)C2(NC(=O)c3ccc(C#N)nc3)CC2)cc1. The number of rotatable bonds is 6. The van der Waals surface area contributed by atoms with Crippen LogP contribution in [-0.2, 0) is 4.79 Å². The first-order chi connectivity index (χ1) is 16.2. The van der Waals surface area contributed by atoms with Gasteiger partial charge in [-0.3, -0.25) is 14.4 Å². The quantitative estimate of drug-likeness (QED) is 0.689. The third-order valence-corrected chi connectivity index (χ3v) is 6.87. The Kier molecular flexibility index (Phi) is 6.38. The number of carbonyl (C=O) groups is 3. The average molecular weight is 460 g/mol. The summed E-state index contributed by atoms with van der Waals surface area (Å²) in [7, 11) is 0. The second-order valence-corrected chi connectivity index (χ2v) is 9.39. The zero-order valence-corrected chi connectivity index (χ0v) is 19.7. The van der Waals surface area contributed by atoms with Crippen molar-refractivity contribution in [1.29, 1.82) is 5.26 Å². The molecule has 34 heavy (non-hydrogen) atoms. The summed E-state index contributed by atoms with van der Waals surface area (Å²) >= 11 is 0. The first-order valence-corrected chi connectivity index (χ1v) is 11.7. The molecule has 1 aliphatic heterocycles. The summed E-state index contributed by atoms with van der Waals surface area (Å²) in [6.45, 7) is 6.04. The van der Waals surface area contributed by atoms with Gasteiger partial charge in [0.05, 0.1) is 11.6 Å². The Balaban J connectivity index is 1.37. The van der Waals surface area contributed by atoms with Gasteiger partial charge in [-0.25, -0.2) is 4.98 Å². The van der Waals surface area contributed by atoms with E-state index in [9.17, 15) is 14.4 Å². The van der Waals surface area contributed by atoms with Crippen LogP contribution in [0.5, 0.6) is 0 Å². The molecular weight excluding hydrogens is 430 g/mol. The van der Waals surface area contributed by atoms with Gasteiger partial charge in [0.1, 0.15) is 17.3 Å². The normalized spacial score (nSPS) is 21.3. The van der Waals surface area contributed by atoms with Crippen molar-refractivity contribution in [2.45, 2.75) is 70.1 Å². The predicted molar refractivity (Wildman–Crippen MR) is 126 cm³/mol. The van der Waals surface area contributed by atoms with Crippen molar-refractivity contribution in [3.8, 4) is 6.07 Å². The first kappa shape index (κ1) is 23.4. The van der Waals surface area contributed by atoms with Crippen LogP contribution >= 0.6 is 0 Å². The van der Waals surface area contributed by atoms with E-state index >= 15 is 0 Å². The number of benzene rings is 1. The largest absolute Gasteiger partial charge is 0.348 e. The molecule has 3 amide bonds. The fourth-order valence-electron chi connectivity index (χ4n) is 4.49. The lowest BCUT2D eigenvalue weighted by atomic mass is 10.0. The number of hydrogen-bond donors (Lipinski definition) is 2. The molecule has 1 aromatic heterocycles. The minimum absolute atomic E-state index is 0.0395. The van der Waals surface area contributed by atoms with Crippen molar-refractivity contribution in [2.24, 2.45) is 0 Å². The molecule has 1 saturated carbocycles. The molecule has 8 heteroatoms. The number of carbonyl (C=O) groups excluding carboxylic acids is 3. The van der Waals surface area contributed by atoms with Crippen LogP contribution in [0.4, 0.5) is 0 Å². The van der Waals surface area contributed by atoms with Crippen molar-refractivity contribution in [3.05, 3.63) is 65.0 Å². The van der Waals surface area contributed by atoms with Gasteiger partial charge in [0.15, 0.2) is 0 Å². The van der Waals surface area contributed by atoms with Crippen LogP contribution in [0.15, 0.2) is 42.6 Å². The molecule has 3 atom stereocenters. The van der Waals surface area contributed by atoms with E-state index in [4.69, 9.17) is 5.26 Å². The number of aromatic nitrogens is 1. The van der Waals surface area contributed by atoms with Crippen LogP contribution in [0.2, 0.25) is 0 Å². The zero-order valence-electron chi connectivity index (χ0n) is 19.7. The van der Waals surface area contributed by atoms with Gasteiger partial charge in [-0.1, -0.05) is 12.1 Å². The van der Waals surface area contributed by atoms with Gasteiger partial charge in [0.25, 0.3) is 11.8 Å². The zero-order chi connectivity index (χ0) is 24.5. The molecule has 0 spiro atoms. The van der Waals surface area contributed by atoms with Gasteiger partial charge < -0.3 is 15.5 Å². The molecule has 8 nitrogen and oxygen atoms in total. The molecule has 2 aromatic rings. The second-order valence-electron chi connectivity index (χ2n) is 9.39. The summed E-state index contributed by atoms with van der Waals surface area (Å²) in [5.41, 5.74) is 1.11. The Bertz CT molecular complexity index is 1120. The van der Waals surface area contributed by atoms with Gasteiger partial charge in [0, 0.05) is 23.8 Å². The van der Waals surface area contributed by atoms with Crippen molar-refractivity contribution in [2.75, 3.05) is 0 Å². The summed E-state index contributed by atoms with van der Waals surface area (Å²) in [6.07, 6.45) is 4.49. The Morgan fingerprint density at radius 1 is 1.06 bits per heavy atom. The number of nitriles is 1. The van der Waals surface area contributed by atoms with E-state index in [1.165, 1.54) is 18.3 Å². The molecule has 2 unspecified atom stereocenters. The summed E-state index contributed by atoms with van der Waals surface area (Å²) in [5.74, 6) is -0.599. The van der Waals surface area contributed by atoms with Crippen molar-refractivity contribution in [1.82, 2.24) is 20.5 Å². The lowest BCUT2D eigenvalue weighted by Gasteiger charge is -2.26. The summed E-state index contributed by atoms with van der Waals surface area (Å²) < 4.78 is 0. The van der Waals surface area contributed by atoms with E-state index in [1.54, 1.807) is 0 Å². The maximum atomic E-state index is 13.0. The topological polar surface area (TPSA) is 115 Å². The third kappa shape index (κ3) is 4.65. The van der Waals surface area contributed by atoms with E-state index in [0.717, 1.165) is 18.4 Å². The van der Waals surface area contributed by atoms with Crippen LogP contribution in [0, 0.1) is 11.3 Å². The third-order valence-electron chi connectivity index (χ3n) is 6.87. The molecule has 2 fully saturated rings. The van der Waals surface area contributed by atoms with Gasteiger partial charge in [0.2, 0.25) is 5.91 Å². The number of nitrogens with one attached hydrogen (secondary N) is 2. The fraction of sp³-hybridized carbons (Fsp3) is 0.423. The Labute approximate surface area is 199 Å². The highest BCUT2D eigenvalue weighted by atomic mass is 16.2. The van der Waals surface area contributed by atoms with Crippen LogP contribution in [0.25, 0.3) is 0 Å². The number of likely N-dealkylation sites (tertiary alicyclic amines) is 1. The van der Waals surface area contributed by atoms with Gasteiger partial charge >= 0.3 is 0 Å². The standard InChI is InChI=1S/C26H29N5O3/c1-16-4-5-17(2)31(16)24(33)20-8-6-19(7-9-20)18(3)29-25(34)26(12-13-26)30-23(32)21-10-11-22(14-27)28-15-21/h6-11,15-18H,4-5,12-13H2,1-3H3,(H,29,34)(H,30,32)/t16?,17?,18-/m1/s1. The van der Waals surface area contributed by atoms with E-state index in [-0.39, 0.29) is 35.6 Å². The van der Waals surface area contributed by atoms with Crippen molar-refractivity contribution in [3.63, 3.8) is 0 Å². The summed E-state index contributed by atoms with van der Waals surface area (Å²) in [4.78, 5) is 44.3. The van der Waals surface area contributed by atoms with Crippen LogP contribution in [0.1, 0.15) is 84.5 Å². The Morgan fingerprint density at radius 2 is 1.68 bits per heavy atom. The number of hydrogen-bond acceptors (Lipinski definition) is 5. The number of amides is 3. The highest BCUT2D eigenvalue weighted by Gasteiger charge is 2.51. The van der Waals surface area contributed by atoms with Crippen LogP contribution < -0.4 is 10.6 Å². The Hall–Kier alpha value is -3.73. The predicted octanol–water partition coefficient (Wildman–Crippen LogP) is 3.11. The molecular formula is C26H29N5O3. The van der Waals surface area contributed by atoms with Crippen molar-refractivity contribution < 1.29 is 14.4 Å². The van der Waals surface area contributed by atoms with E-state index < -0.39 is 11.4 Å². The summed E-state index contributed by atoms with van der Waals surface area (Å²) in [5, 5.41) is 14.6. The maximum Gasteiger partial charge on any atom is 0.254 e. The molecule has 2 aliphatic rings. The molecule has 2 N–H and O–H groups in total. The maximum absolute atomic E-state index is 13.0. The summed E-state index contributed by atoms with van der Waals surface area (Å²) in [6, 6.07) is 12.4. The second kappa shape index (κ2) is 9.26. The minimum atomic E-state index is -0.933.